The van der Waals surface area contributed by atoms with Gasteiger partial charge >= 0.3 is 0 Å². The molecule has 2 aromatic rings. The third-order valence-corrected chi connectivity index (χ3v) is 7.80. The minimum Gasteiger partial charge on any atom is -0.381 e. The highest BCUT2D eigenvalue weighted by atomic mass is 35.5. The van der Waals surface area contributed by atoms with Crippen molar-refractivity contribution in [2.24, 2.45) is 4.99 Å². The molecule has 2 aromatic carbocycles. The summed E-state index contributed by atoms with van der Waals surface area (Å²) in [5.41, 5.74) is 3.50. The number of hydrogen-bond acceptors (Lipinski definition) is 6. The van der Waals surface area contributed by atoms with Crippen LogP contribution in [-0.4, -0.2) is 43.9 Å². The van der Waals surface area contributed by atoms with Crippen molar-refractivity contribution in [1.82, 2.24) is 9.62 Å². The Labute approximate surface area is 189 Å². The number of halogens is 3. The maximum Gasteiger partial charge on any atom is 0.248 e. The van der Waals surface area contributed by atoms with Gasteiger partial charge in [-0.1, -0.05) is 23.7 Å². The summed E-state index contributed by atoms with van der Waals surface area (Å²) in [5, 5.41) is 3.52. The maximum atomic E-state index is 14.6. The fraction of sp³-hybridized carbons (Fsp3) is 0.350. The van der Waals surface area contributed by atoms with Gasteiger partial charge < -0.3 is 5.32 Å². The molecule has 1 atom stereocenters. The van der Waals surface area contributed by atoms with Gasteiger partial charge in [-0.15, -0.1) is 11.8 Å². The molecule has 0 bridgehead atoms. The van der Waals surface area contributed by atoms with Crippen LogP contribution >= 0.6 is 23.4 Å². The van der Waals surface area contributed by atoms with Gasteiger partial charge in [0.25, 0.3) is 0 Å². The van der Waals surface area contributed by atoms with Gasteiger partial charge in [-0.05, 0) is 48.8 Å². The van der Waals surface area contributed by atoms with Crippen LogP contribution < -0.4 is 10.0 Å². The summed E-state index contributed by atoms with van der Waals surface area (Å²) in [7, 11) is -4.39. The number of nitrogens with zero attached hydrogens (tertiary/aromatic N) is 2. The smallest absolute Gasteiger partial charge is 0.248 e. The van der Waals surface area contributed by atoms with Crippen molar-refractivity contribution in [3.05, 3.63) is 58.1 Å². The van der Waals surface area contributed by atoms with E-state index in [-0.39, 0.29) is 12.2 Å². The Hall–Kier alpha value is -1.72. The van der Waals surface area contributed by atoms with Crippen LogP contribution in [0.25, 0.3) is 0 Å². The lowest BCUT2D eigenvalue weighted by atomic mass is 10.0. The van der Waals surface area contributed by atoms with E-state index in [0.717, 1.165) is 42.9 Å². The third-order valence-electron chi connectivity index (χ3n) is 5.16. The number of anilines is 1. The van der Waals surface area contributed by atoms with Crippen LogP contribution in [0, 0.1) is 11.6 Å². The molecule has 6 nitrogen and oxygen atoms in total. The van der Waals surface area contributed by atoms with Crippen LogP contribution in [-0.2, 0) is 23.1 Å². The Morgan fingerprint density at radius 1 is 1.23 bits per heavy atom. The van der Waals surface area contributed by atoms with E-state index in [9.17, 15) is 17.2 Å². The van der Waals surface area contributed by atoms with Crippen molar-refractivity contribution < 1.29 is 17.2 Å². The van der Waals surface area contributed by atoms with E-state index in [2.05, 4.69) is 19.9 Å². The molecule has 2 N–H and O–H groups in total. The third kappa shape index (κ3) is 5.20. The van der Waals surface area contributed by atoms with E-state index < -0.39 is 32.7 Å². The van der Waals surface area contributed by atoms with Crippen molar-refractivity contribution in [2.75, 3.05) is 24.2 Å². The van der Waals surface area contributed by atoms with Gasteiger partial charge in [0.2, 0.25) is 10.0 Å². The Kier molecular flexibility index (Phi) is 6.83. The molecule has 0 saturated carbocycles. The maximum absolute atomic E-state index is 14.6. The summed E-state index contributed by atoms with van der Waals surface area (Å²) in [6.07, 6.45) is 0.430. The zero-order valence-corrected chi connectivity index (χ0v) is 18.8. The number of benzene rings is 2. The first kappa shape index (κ1) is 22.5. The quantitative estimate of drug-likeness (QED) is 0.593. The molecule has 166 valence electrons. The Balaban J connectivity index is 1.51. The zero-order chi connectivity index (χ0) is 22.0. The minimum atomic E-state index is -4.39. The van der Waals surface area contributed by atoms with Gasteiger partial charge in [-0.25, -0.2) is 17.2 Å². The van der Waals surface area contributed by atoms with Gasteiger partial charge in [-0.2, -0.15) is 4.72 Å². The number of nitrogens with one attached hydrogen (secondary N) is 2. The first-order chi connectivity index (χ1) is 14.8. The highest BCUT2D eigenvalue weighted by Crippen LogP contribution is 2.27. The van der Waals surface area contributed by atoms with Gasteiger partial charge in [0.1, 0.15) is 17.8 Å². The standard InChI is InChI=1S/C20H21ClF2N4O2S2/c21-16-4-1-3-13(10-27-5-2-6-27)15(16)9-24-14-7-17(22)20(18(23)8-14)31(28,29)26-19-11-30-12-25-19/h1,3-4,7-8,12,19,24,26H,2,5-6,9-11H2. The summed E-state index contributed by atoms with van der Waals surface area (Å²) in [4.78, 5) is 5.18. The lowest BCUT2D eigenvalue weighted by Crippen LogP contribution is -2.36. The van der Waals surface area contributed by atoms with Gasteiger partial charge in [0.05, 0.1) is 5.55 Å². The van der Waals surface area contributed by atoms with Crippen LogP contribution in [0.1, 0.15) is 17.5 Å². The summed E-state index contributed by atoms with van der Waals surface area (Å²) >= 11 is 7.68. The van der Waals surface area contributed by atoms with E-state index in [4.69, 9.17) is 11.6 Å². The Morgan fingerprint density at radius 2 is 1.97 bits per heavy atom. The SMILES string of the molecule is O=S(=O)(NC1CSC=N1)c1c(F)cc(NCc2c(Cl)cccc2CN2CCC2)cc1F. The fourth-order valence-corrected chi connectivity index (χ4v) is 5.72. The Morgan fingerprint density at radius 3 is 2.58 bits per heavy atom. The highest BCUT2D eigenvalue weighted by Gasteiger charge is 2.28. The number of likely N-dealkylation sites (tertiary alicyclic amines) is 1. The largest absolute Gasteiger partial charge is 0.381 e. The van der Waals surface area contributed by atoms with Gasteiger partial charge in [-0.3, -0.25) is 9.89 Å². The average molecular weight is 487 g/mol. The summed E-state index contributed by atoms with van der Waals surface area (Å²) < 4.78 is 56.3. The van der Waals surface area contributed by atoms with Crippen molar-refractivity contribution in [2.45, 2.75) is 30.6 Å². The molecule has 2 heterocycles. The number of thioether (sulfide) groups is 1. The van der Waals surface area contributed by atoms with Crippen molar-refractivity contribution in [3.8, 4) is 0 Å². The number of sulfonamides is 1. The zero-order valence-electron chi connectivity index (χ0n) is 16.4. The molecular weight excluding hydrogens is 466 g/mol. The van der Waals surface area contributed by atoms with Crippen LogP contribution in [0.2, 0.25) is 5.02 Å². The molecule has 1 fully saturated rings. The molecule has 1 saturated heterocycles. The minimum absolute atomic E-state index is 0.123. The molecule has 2 aliphatic heterocycles. The number of aliphatic imine (C=N–C) groups is 1. The Bertz CT molecular complexity index is 1090. The van der Waals surface area contributed by atoms with E-state index in [0.29, 0.717) is 10.8 Å². The molecule has 0 spiro atoms. The van der Waals surface area contributed by atoms with E-state index in [1.54, 1.807) is 6.07 Å². The number of hydrogen-bond donors (Lipinski definition) is 2. The second kappa shape index (κ2) is 9.41. The van der Waals surface area contributed by atoms with Crippen molar-refractivity contribution in [3.63, 3.8) is 0 Å². The molecular formula is C20H21ClF2N4O2S2. The molecule has 11 heteroatoms. The predicted octanol–water partition coefficient (Wildman–Crippen LogP) is 3.82. The predicted molar refractivity (Wildman–Crippen MR) is 120 cm³/mol. The second-order valence-corrected chi connectivity index (χ2v) is 10.3. The van der Waals surface area contributed by atoms with Gasteiger partial charge in [0.15, 0.2) is 4.90 Å². The van der Waals surface area contributed by atoms with Crippen LogP contribution in [0.3, 0.4) is 0 Å². The van der Waals surface area contributed by atoms with Crippen LogP contribution in [0.15, 0.2) is 40.2 Å². The molecule has 31 heavy (non-hydrogen) atoms. The first-order valence-electron chi connectivity index (χ1n) is 9.70. The normalized spacial score (nSPS) is 18.9. The molecule has 0 aliphatic carbocycles. The van der Waals surface area contributed by atoms with E-state index in [1.807, 2.05) is 12.1 Å². The van der Waals surface area contributed by atoms with Crippen LogP contribution in [0.4, 0.5) is 14.5 Å². The molecule has 4 rings (SSSR count). The second-order valence-electron chi connectivity index (χ2n) is 7.35. The lowest BCUT2D eigenvalue weighted by Gasteiger charge is -2.31. The first-order valence-corrected chi connectivity index (χ1v) is 12.6. The fourth-order valence-electron chi connectivity index (χ4n) is 3.44. The molecule has 1 unspecified atom stereocenters. The van der Waals surface area contributed by atoms with Crippen LogP contribution in [0.5, 0.6) is 0 Å². The number of rotatable bonds is 8. The monoisotopic (exact) mass is 486 g/mol. The lowest BCUT2D eigenvalue weighted by molar-refractivity contribution is 0.172. The molecule has 0 aromatic heterocycles. The van der Waals surface area contributed by atoms with E-state index in [1.165, 1.54) is 23.7 Å². The van der Waals surface area contributed by atoms with Crippen molar-refractivity contribution >= 4 is 44.6 Å². The molecule has 0 amide bonds. The summed E-state index contributed by atoms with van der Waals surface area (Å²) in [5.74, 6) is -1.98. The topological polar surface area (TPSA) is 73.8 Å². The average Bonchev–Trinajstić information content (AvgIpc) is 3.15. The molecule has 2 aliphatic rings. The summed E-state index contributed by atoms with van der Waals surface area (Å²) in [6, 6.07) is 7.56. The van der Waals surface area contributed by atoms with Gasteiger partial charge in [0, 0.05) is 29.6 Å². The highest BCUT2D eigenvalue weighted by molar-refractivity contribution is 8.12. The molecule has 0 radical (unpaired) electrons. The summed E-state index contributed by atoms with van der Waals surface area (Å²) in [6.45, 7) is 3.07. The van der Waals surface area contributed by atoms with Crippen molar-refractivity contribution in [1.29, 1.82) is 0 Å². The van der Waals surface area contributed by atoms with E-state index >= 15 is 0 Å².